The van der Waals surface area contributed by atoms with Crippen molar-refractivity contribution in [3.8, 4) is 0 Å². The van der Waals surface area contributed by atoms with Gasteiger partial charge < -0.3 is 25.2 Å². The van der Waals surface area contributed by atoms with E-state index in [1.165, 1.54) is 12.1 Å². The Bertz CT molecular complexity index is 826. The molecule has 0 radical (unpaired) electrons. The molecule has 1 aliphatic rings. The van der Waals surface area contributed by atoms with Crippen LogP contribution >= 0.6 is 30.8 Å². The first-order valence-corrected chi connectivity index (χ1v) is 12.6. The summed E-state index contributed by atoms with van der Waals surface area (Å²) in [4.78, 5) is 45.1. The molecule has 11 heteroatoms. The molecular weight excluding hydrogens is 466 g/mol. The van der Waals surface area contributed by atoms with Crippen LogP contribution in [0, 0.1) is 11.8 Å². The Kier molecular flexibility index (Phi) is 9.80. The van der Waals surface area contributed by atoms with Gasteiger partial charge in [-0.2, -0.15) is 0 Å². The van der Waals surface area contributed by atoms with Crippen LogP contribution in [0.4, 0.5) is 5.69 Å². The molecule has 1 unspecified atom stereocenters. The zero-order valence-corrected chi connectivity index (χ0v) is 19.9. The number of nitrogens with one attached hydrogen (secondary N) is 2. The summed E-state index contributed by atoms with van der Waals surface area (Å²) in [6.45, 7) is 4.68. The van der Waals surface area contributed by atoms with E-state index in [9.17, 15) is 23.9 Å². The van der Waals surface area contributed by atoms with Crippen molar-refractivity contribution in [1.29, 1.82) is 0 Å². The Morgan fingerprint density at radius 2 is 1.81 bits per heavy atom. The minimum Gasteiger partial charge on any atom is -0.381 e. The second-order valence-corrected chi connectivity index (χ2v) is 10.8. The highest BCUT2D eigenvalue weighted by Crippen LogP contribution is 2.44. The van der Waals surface area contributed by atoms with Gasteiger partial charge in [-0.15, -0.1) is 0 Å². The molecule has 1 heterocycles. The summed E-state index contributed by atoms with van der Waals surface area (Å²) in [5, 5.41) is 5.89. The minimum absolute atomic E-state index is 0.00844. The molecule has 1 aromatic carbocycles. The highest BCUT2D eigenvalue weighted by Gasteiger charge is 2.38. The Morgan fingerprint density at radius 3 is 2.35 bits per heavy atom. The molecule has 0 saturated carbocycles. The number of carbonyl (C=O) groups excluding carboxylic acids is 2. The molecule has 1 saturated heterocycles. The smallest absolute Gasteiger partial charge is 0.337 e. The minimum atomic E-state index is -4.69. The fourth-order valence-corrected chi connectivity index (χ4v) is 4.84. The number of amides is 2. The highest BCUT2D eigenvalue weighted by atomic mass is 35.5. The van der Waals surface area contributed by atoms with Gasteiger partial charge in [0.15, 0.2) is 0 Å². The normalized spacial score (nSPS) is 17.3. The number of ether oxygens (including phenoxy) is 1. The van der Waals surface area contributed by atoms with Crippen molar-refractivity contribution in [3.05, 3.63) is 28.2 Å². The van der Waals surface area contributed by atoms with Crippen molar-refractivity contribution in [3.63, 3.8) is 0 Å². The Balaban J connectivity index is 2.19. The molecule has 0 aromatic heterocycles. The molecule has 0 bridgehead atoms. The lowest BCUT2D eigenvalue weighted by Gasteiger charge is -2.28. The average molecular weight is 495 g/mol. The summed E-state index contributed by atoms with van der Waals surface area (Å²) < 4.78 is 17.3. The van der Waals surface area contributed by atoms with Crippen LogP contribution in [-0.4, -0.2) is 46.5 Å². The number of halogens is 2. The van der Waals surface area contributed by atoms with Crippen molar-refractivity contribution in [2.75, 3.05) is 18.5 Å². The van der Waals surface area contributed by atoms with Gasteiger partial charge in [-0.3, -0.25) is 14.2 Å². The Labute approximate surface area is 192 Å². The molecule has 1 fully saturated rings. The molecule has 4 N–H and O–H groups in total. The molecule has 0 aliphatic carbocycles. The van der Waals surface area contributed by atoms with Crippen molar-refractivity contribution in [2.24, 2.45) is 11.8 Å². The molecular formula is C20H29Cl2N2O6P. The monoisotopic (exact) mass is 494 g/mol. The maximum absolute atomic E-state index is 13.0. The van der Waals surface area contributed by atoms with E-state index in [1.807, 2.05) is 0 Å². The van der Waals surface area contributed by atoms with Gasteiger partial charge in [0, 0.05) is 18.9 Å². The second-order valence-electron chi connectivity index (χ2n) is 8.21. The summed E-state index contributed by atoms with van der Waals surface area (Å²) in [7, 11) is -4.69. The molecule has 8 nitrogen and oxygen atoms in total. The largest absolute Gasteiger partial charge is 0.381 e. The van der Waals surface area contributed by atoms with Crippen LogP contribution in [0.1, 0.15) is 39.5 Å². The van der Waals surface area contributed by atoms with Crippen LogP contribution in [0.2, 0.25) is 10.0 Å². The molecule has 2 atom stereocenters. The van der Waals surface area contributed by atoms with Gasteiger partial charge in [-0.25, -0.2) is 0 Å². The van der Waals surface area contributed by atoms with Crippen LogP contribution in [0.25, 0.3) is 0 Å². The molecule has 2 rings (SSSR count). The van der Waals surface area contributed by atoms with E-state index < -0.39 is 31.1 Å². The third-order valence-corrected chi connectivity index (χ3v) is 7.13. The maximum Gasteiger partial charge on any atom is 0.337 e. The quantitative estimate of drug-likeness (QED) is 0.386. The second kappa shape index (κ2) is 11.6. The predicted octanol–water partition coefficient (Wildman–Crippen LogP) is 3.83. The van der Waals surface area contributed by atoms with Gasteiger partial charge in [-0.1, -0.05) is 37.0 Å². The van der Waals surface area contributed by atoms with Crippen LogP contribution < -0.4 is 10.6 Å². The van der Waals surface area contributed by atoms with Crippen molar-refractivity contribution >= 4 is 48.3 Å². The summed E-state index contributed by atoms with van der Waals surface area (Å²) in [5.41, 5.74) is -1.11. The molecule has 31 heavy (non-hydrogen) atoms. The molecule has 1 aromatic rings. The van der Waals surface area contributed by atoms with E-state index in [2.05, 4.69) is 10.6 Å². The highest BCUT2D eigenvalue weighted by molar-refractivity contribution is 7.53. The fraction of sp³-hybridized carbons (Fsp3) is 0.600. The number of anilines is 1. The topological polar surface area (TPSA) is 125 Å². The lowest BCUT2D eigenvalue weighted by atomic mass is 9.92. The van der Waals surface area contributed by atoms with Crippen LogP contribution in [0.15, 0.2) is 18.2 Å². The van der Waals surface area contributed by atoms with Crippen LogP contribution in [-0.2, 0) is 18.9 Å². The average Bonchev–Trinajstić information content (AvgIpc) is 2.68. The van der Waals surface area contributed by atoms with Crippen molar-refractivity contribution < 1.29 is 28.7 Å². The van der Waals surface area contributed by atoms with E-state index in [0.29, 0.717) is 30.3 Å². The van der Waals surface area contributed by atoms with Gasteiger partial charge in [0.25, 0.3) is 0 Å². The SMILES string of the molecule is CC(C)CC(C(=O)N[C@@H](CC1CCOCC1)C(=O)Nc1ccc(Cl)c(Cl)c1)P(=O)(O)O. The van der Waals surface area contributed by atoms with Gasteiger partial charge in [0.05, 0.1) is 10.0 Å². The van der Waals surface area contributed by atoms with Crippen molar-refractivity contribution in [2.45, 2.75) is 51.2 Å². The fourth-order valence-electron chi connectivity index (χ4n) is 3.46. The van der Waals surface area contributed by atoms with E-state index in [4.69, 9.17) is 27.9 Å². The molecule has 1 aliphatic heterocycles. The third kappa shape index (κ3) is 8.37. The number of benzene rings is 1. The van der Waals surface area contributed by atoms with Crippen LogP contribution in [0.3, 0.4) is 0 Å². The van der Waals surface area contributed by atoms with Gasteiger partial charge in [0.2, 0.25) is 11.8 Å². The third-order valence-electron chi connectivity index (χ3n) is 5.13. The number of hydrogen-bond donors (Lipinski definition) is 4. The first kappa shape index (κ1) is 26.1. The van der Waals surface area contributed by atoms with Gasteiger partial charge in [-0.05, 0) is 55.7 Å². The molecule has 2 amide bonds. The van der Waals surface area contributed by atoms with Crippen molar-refractivity contribution in [1.82, 2.24) is 5.32 Å². The number of hydrogen-bond acceptors (Lipinski definition) is 4. The lowest BCUT2D eigenvalue weighted by molar-refractivity contribution is -0.127. The standard InChI is InChI=1S/C20H29Cl2N2O6P/c1-12(2)9-18(31(27,28)29)20(26)24-17(10-13-5-7-30-8-6-13)19(25)23-14-3-4-15(21)16(22)11-14/h3-4,11-13,17-18H,5-10H2,1-2H3,(H,23,25)(H,24,26)(H2,27,28,29)/t17-,18?/m0/s1. The zero-order valence-electron chi connectivity index (χ0n) is 17.5. The lowest BCUT2D eigenvalue weighted by Crippen LogP contribution is -2.48. The Hall–Kier alpha value is -1.15. The van der Waals surface area contributed by atoms with E-state index >= 15 is 0 Å². The number of carbonyl (C=O) groups is 2. The van der Waals surface area contributed by atoms with E-state index in [-0.39, 0.29) is 23.3 Å². The maximum atomic E-state index is 13.0. The molecule has 174 valence electrons. The first-order chi connectivity index (χ1) is 14.5. The van der Waals surface area contributed by atoms with Gasteiger partial charge in [0.1, 0.15) is 11.7 Å². The summed E-state index contributed by atoms with van der Waals surface area (Å²) in [6, 6.07) is 3.65. The molecule has 0 spiro atoms. The zero-order chi connectivity index (χ0) is 23.2. The van der Waals surface area contributed by atoms with E-state index in [1.54, 1.807) is 19.9 Å². The number of rotatable bonds is 9. The summed E-state index contributed by atoms with van der Waals surface area (Å²) in [5.74, 6) is -1.30. The van der Waals surface area contributed by atoms with Gasteiger partial charge >= 0.3 is 7.60 Å². The summed E-state index contributed by atoms with van der Waals surface area (Å²) in [6.07, 6.45) is 1.81. The summed E-state index contributed by atoms with van der Waals surface area (Å²) >= 11 is 11.9. The predicted molar refractivity (Wildman–Crippen MR) is 120 cm³/mol. The Morgan fingerprint density at radius 1 is 1.16 bits per heavy atom. The first-order valence-electron chi connectivity index (χ1n) is 10.2. The van der Waals surface area contributed by atoms with E-state index in [0.717, 1.165) is 12.8 Å². The van der Waals surface area contributed by atoms with Crippen LogP contribution in [0.5, 0.6) is 0 Å².